The van der Waals surface area contributed by atoms with E-state index in [1.54, 1.807) is 0 Å². The van der Waals surface area contributed by atoms with Crippen LogP contribution in [0.25, 0.3) is 0 Å². The molecule has 0 spiro atoms. The van der Waals surface area contributed by atoms with Gasteiger partial charge in [0.25, 0.3) is 0 Å². The van der Waals surface area contributed by atoms with Gasteiger partial charge in [0.05, 0.1) is 12.7 Å². The molecule has 1 aliphatic rings. The maximum Gasteiger partial charge on any atom is 0.414 e. The lowest BCUT2D eigenvalue weighted by Gasteiger charge is -2.11. The van der Waals surface area contributed by atoms with Crippen LogP contribution in [0.4, 0.5) is 13.2 Å². The first-order chi connectivity index (χ1) is 5.88. The van der Waals surface area contributed by atoms with Crippen molar-refractivity contribution < 1.29 is 22.7 Å². The molecule has 1 heterocycles. The monoisotopic (exact) mass is 197 g/mol. The molecule has 0 bridgehead atoms. The second-order valence-corrected chi connectivity index (χ2v) is 2.70. The molecule has 1 rings (SSSR count). The van der Waals surface area contributed by atoms with Crippen molar-refractivity contribution in [3.63, 3.8) is 0 Å². The van der Waals surface area contributed by atoms with Gasteiger partial charge in [-0.3, -0.25) is 4.84 Å². The second kappa shape index (κ2) is 3.28. The Bertz CT molecular complexity index is 216. The summed E-state index contributed by atoms with van der Waals surface area (Å²) in [5.41, 5.74) is -0.874. The quantitative estimate of drug-likeness (QED) is 0.387. The van der Waals surface area contributed by atoms with Crippen LogP contribution in [0.1, 0.15) is 0 Å². The number of ether oxygens (including phenoxy) is 1. The van der Waals surface area contributed by atoms with Gasteiger partial charge < -0.3 is 4.74 Å². The zero-order valence-electron chi connectivity index (χ0n) is 7.26. The molecule has 13 heavy (non-hydrogen) atoms. The van der Waals surface area contributed by atoms with Crippen molar-refractivity contribution in [3.8, 4) is 0 Å². The van der Waals surface area contributed by atoms with Crippen LogP contribution in [-0.2, 0) is 9.57 Å². The van der Waals surface area contributed by atoms with Crippen LogP contribution in [0.2, 0.25) is 0 Å². The molecule has 1 aliphatic heterocycles. The van der Waals surface area contributed by atoms with Crippen LogP contribution in [0, 0.1) is 0 Å². The zero-order valence-corrected chi connectivity index (χ0v) is 7.26. The number of hydrogen-bond donors (Lipinski definition) is 0. The standard InChI is InChI=1S/C7H10F3NO2/c1-4(7(8,9)10)5-6(13-5)11(2)12-3/h5-6H,1H2,2-3H3. The van der Waals surface area contributed by atoms with E-state index in [2.05, 4.69) is 11.4 Å². The van der Waals surface area contributed by atoms with Gasteiger partial charge in [0, 0.05) is 7.05 Å². The predicted molar refractivity (Wildman–Crippen MR) is 38.6 cm³/mol. The van der Waals surface area contributed by atoms with Crippen LogP contribution in [0.15, 0.2) is 12.2 Å². The molecule has 2 unspecified atom stereocenters. The summed E-state index contributed by atoms with van der Waals surface area (Å²) in [6, 6.07) is 0. The number of alkyl halides is 3. The van der Waals surface area contributed by atoms with E-state index in [-0.39, 0.29) is 0 Å². The van der Waals surface area contributed by atoms with Gasteiger partial charge in [0.15, 0.2) is 6.23 Å². The number of rotatable bonds is 3. The maximum atomic E-state index is 12.0. The van der Waals surface area contributed by atoms with Crippen LogP contribution < -0.4 is 0 Å². The van der Waals surface area contributed by atoms with E-state index in [0.717, 1.165) is 0 Å². The number of halogens is 3. The van der Waals surface area contributed by atoms with Crippen LogP contribution in [-0.4, -0.2) is 37.7 Å². The Morgan fingerprint density at radius 3 is 2.46 bits per heavy atom. The summed E-state index contributed by atoms with van der Waals surface area (Å²) in [5, 5.41) is 1.21. The Kier molecular flexibility index (Phi) is 2.65. The Morgan fingerprint density at radius 2 is 2.08 bits per heavy atom. The minimum Gasteiger partial charge on any atom is -0.346 e. The van der Waals surface area contributed by atoms with Crippen molar-refractivity contribution in [2.75, 3.05) is 14.2 Å². The number of epoxide rings is 1. The van der Waals surface area contributed by atoms with E-state index in [1.165, 1.54) is 19.2 Å². The molecule has 6 heteroatoms. The molecule has 0 radical (unpaired) electrons. The molecule has 0 N–H and O–H groups in total. The first-order valence-electron chi connectivity index (χ1n) is 3.56. The third-order valence-corrected chi connectivity index (χ3v) is 1.82. The van der Waals surface area contributed by atoms with Crippen LogP contribution in [0.5, 0.6) is 0 Å². The summed E-state index contributed by atoms with van der Waals surface area (Å²) in [7, 11) is 2.85. The van der Waals surface area contributed by atoms with Crippen molar-refractivity contribution in [3.05, 3.63) is 12.2 Å². The molecule has 0 amide bonds. The Morgan fingerprint density at radius 1 is 1.54 bits per heavy atom. The van der Waals surface area contributed by atoms with Gasteiger partial charge in [0.1, 0.15) is 6.10 Å². The molecular formula is C7H10F3NO2. The largest absolute Gasteiger partial charge is 0.414 e. The first-order valence-corrected chi connectivity index (χ1v) is 3.56. The smallest absolute Gasteiger partial charge is 0.346 e. The predicted octanol–water partition coefficient (Wildman–Crippen LogP) is 1.32. The minimum atomic E-state index is -4.39. The first kappa shape index (κ1) is 10.5. The summed E-state index contributed by atoms with van der Waals surface area (Å²) < 4.78 is 40.9. The fourth-order valence-corrected chi connectivity index (χ4v) is 0.901. The minimum absolute atomic E-state index is 0.667. The van der Waals surface area contributed by atoms with E-state index >= 15 is 0 Å². The number of hydrogen-bond acceptors (Lipinski definition) is 3. The van der Waals surface area contributed by atoms with Gasteiger partial charge in [-0.25, -0.2) is 0 Å². The van der Waals surface area contributed by atoms with Crippen LogP contribution >= 0.6 is 0 Å². The van der Waals surface area contributed by atoms with Gasteiger partial charge >= 0.3 is 6.18 Å². The highest BCUT2D eigenvalue weighted by molar-refractivity contribution is 5.17. The fourth-order valence-electron chi connectivity index (χ4n) is 0.901. The van der Waals surface area contributed by atoms with Crippen molar-refractivity contribution >= 4 is 0 Å². The Labute approximate surface area is 73.7 Å². The molecule has 0 saturated carbocycles. The normalized spacial score (nSPS) is 27.8. The van der Waals surface area contributed by atoms with Crippen molar-refractivity contribution in [2.24, 2.45) is 0 Å². The van der Waals surface area contributed by atoms with Gasteiger partial charge in [-0.05, 0) is 0 Å². The number of hydroxylamine groups is 2. The number of nitrogens with zero attached hydrogens (tertiary/aromatic N) is 1. The molecule has 1 saturated heterocycles. The lowest BCUT2D eigenvalue weighted by molar-refractivity contribution is -0.138. The molecule has 0 aromatic heterocycles. The second-order valence-electron chi connectivity index (χ2n) is 2.70. The Hall–Kier alpha value is -0.590. The molecule has 0 aliphatic carbocycles. The SMILES string of the molecule is C=C(C1OC1N(C)OC)C(F)(F)F. The van der Waals surface area contributed by atoms with Gasteiger partial charge in [0.2, 0.25) is 0 Å². The highest BCUT2D eigenvalue weighted by Crippen LogP contribution is 2.38. The lowest BCUT2D eigenvalue weighted by Crippen LogP contribution is -2.25. The third-order valence-electron chi connectivity index (χ3n) is 1.82. The van der Waals surface area contributed by atoms with Crippen molar-refractivity contribution in [2.45, 2.75) is 18.5 Å². The third kappa shape index (κ3) is 2.20. The molecule has 2 atom stereocenters. The van der Waals surface area contributed by atoms with E-state index < -0.39 is 24.1 Å². The topological polar surface area (TPSA) is 25.0 Å². The molecular weight excluding hydrogens is 187 g/mol. The highest BCUT2D eigenvalue weighted by atomic mass is 19.4. The van der Waals surface area contributed by atoms with Gasteiger partial charge in [-0.15, -0.1) is 0 Å². The average molecular weight is 197 g/mol. The molecule has 0 aromatic rings. The average Bonchev–Trinajstić information content (AvgIpc) is 2.79. The van der Waals surface area contributed by atoms with E-state index in [1.807, 2.05) is 0 Å². The zero-order chi connectivity index (χ0) is 10.2. The lowest BCUT2D eigenvalue weighted by atomic mass is 10.2. The van der Waals surface area contributed by atoms with E-state index in [0.29, 0.717) is 0 Å². The summed E-state index contributed by atoms with van der Waals surface area (Å²) in [5.74, 6) is 0. The van der Waals surface area contributed by atoms with Gasteiger partial charge in [-0.1, -0.05) is 6.58 Å². The van der Waals surface area contributed by atoms with E-state index in [9.17, 15) is 13.2 Å². The molecule has 3 nitrogen and oxygen atoms in total. The summed E-state index contributed by atoms with van der Waals surface area (Å²) >= 11 is 0. The Balaban J connectivity index is 2.47. The van der Waals surface area contributed by atoms with Gasteiger partial charge in [-0.2, -0.15) is 18.2 Å². The highest BCUT2D eigenvalue weighted by Gasteiger charge is 2.52. The maximum absolute atomic E-state index is 12.0. The van der Waals surface area contributed by atoms with Crippen molar-refractivity contribution in [1.82, 2.24) is 5.06 Å². The fraction of sp³-hybridized carbons (Fsp3) is 0.714. The number of likely N-dealkylation sites (N-methyl/N-ethyl adjacent to an activating group) is 1. The summed E-state index contributed by atoms with van der Waals surface area (Å²) in [4.78, 5) is 4.67. The molecule has 1 fully saturated rings. The molecule has 76 valence electrons. The van der Waals surface area contributed by atoms with Crippen LogP contribution in [0.3, 0.4) is 0 Å². The summed E-state index contributed by atoms with van der Waals surface area (Å²) in [6.07, 6.45) is -6.06. The summed E-state index contributed by atoms with van der Waals surface area (Å²) in [6.45, 7) is 2.92. The molecule has 0 aromatic carbocycles. The van der Waals surface area contributed by atoms with E-state index in [4.69, 9.17) is 4.74 Å². The van der Waals surface area contributed by atoms with Crippen molar-refractivity contribution in [1.29, 1.82) is 0 Å².